The molecule has 0 unspecified atom stereocenters. The van der Waals surface area contributed by atoms with Gasteiger partial charge in [-0.15, -0.1) is 0 Å². The SMILES string of the molecule is COc1cccc2c1N([C@@H](C)c1ccccc1)C(=O)[C@H](N)C2. The van der Waals surface area contributed by atoms with E-state index in [1.807, 2.05) is 55.5 Å². The van der Waals surface area contributed by atoms with Crippen LogP contribution in [0.5, 0.6) is 5.75 Å². The molecule has 0 aromatic heterocycles. The van der Waals surface area contributed by atoms with E-state index >= 15 is 0 Å². The molecule has 0 saturated heterocycles. The van der Waals surface area contributed by atoms with E-state index in [-0.39, 0.29) is 11.9 Å². The van der Waals surface area contributed by atoms with Crippen molar-refractivity contribution < 1.29 is 9.53 Å². The zero-order valence-corrected chi connectivity index (χ0v) is 12.8. The van der Waals surface area contributed by atoms with Crippen LogP contribution in [-0.2, 0) is 11.2 Å². The van der Waals surface area contributed by atoms with Gasteiger partial charge in [-0.1, -0.05) is 42.5 Å². The molecule has 0 aliphatic carbocycles. The summed E-state index contributed by atoms with van der Waals surface area (Å²) in [7, 11) is 1.62. The molecule has 0 saturated carbocycles. The Labute approximate surface area is 130 Å². The lowest BCUT2D eigenvalue weighted by Crippen LogP contribution is -2.49. The molecule has 0 fully saturated rings. The summed E-state index contributed by atoms with van der Waals surface area (Å²) in [6, 6.07) is 15.2. The Morgan fingerprint density at radius 3 is 2.59 bits per heavy atom. The summed E-state index contributed by atoms with van der Waals surface area (Å²) in [6.07, 6.45) is 0.545. The van der Waals surface area contributed by atoms with E-state index in [1.54, 1.807) is 12.0 Å². The Hall–Kier alpha value is -2.33. The van der Waals surface area contributed by atoms with Gasteiger partial charge in [0.15, 0.2) is 0 Å². The number of hydrogen-bond acceptors (Lipinski definition) is 3. The average molecular weight is 296 g/mol. The molecule has 4 nitrogen and oxygen atoms in total. The molecule has 0 radical (unpaired) electrons. The third-order valence-corrected chi connectivity index (χ3v) is 4.21. The molecule has 4 heteroatoms. The van der Waals surface area contributed by atoms with Crippen molar-refractivity contribution in [3.05, 3.63) is 59.7 Å². The number of ether oxygens (including phenoxy) is 1. The molecule has 2 aromatic carbocycles. The van der Waals surface area contributed by atoms with Crippen LogP contribution in [0.4, 0.5) is 5.69 Å². The van der Waals surface area contributed by atoms with E-state index in [0.29, 0.717) is 12.2 Å². The standard InChI is InChI=1S/C18H20N2O2/c1-12(13-7-4-3-5-8-13)20-17-14(11-15(19)18(20)21)9-6-10-16(17)22-2/h3-10,12,15H,11,19H2,1-2H3/t12-,15+/m0/s1. The third-order valence-electron chi connectivity index (χ3n) is 4.21. The highest BCUT2D eigenvalue weighted by molar-refractivity contribution is 6.02. The number of nitrogens with two attached hydrogens (primary N) is 1. The first-order chi connectivity index (χ1) is 10.6. The van der Waals surface area contributed by atoms with Crippen LogP contribution in [0.3, 0.4) is 0 Å². The van der Waals surface area contributed by atoms with Crippen molar-refractivity contribution in [1.29, 1.82) is 0 Å². The normalized spacial score (nSPS) is 18.8. The van der Waals surface area contributed by atoms with Crippen molar-refractivity contribution in [2.24, 2.45) is 5.73 Å². The summed E-state index contributed by atoms with van der Waals surface area (Å²) < 4.78 is 5.48. The summed E-state index contributed by atoms with van der Waals surface area (Å²) in [5.74, 6) is 0.647. The number of rotatable bonds is 3. The fourth-order valence-corrected chi connectivity index (χ4v) is 3.05. The zero-order chi connectivity index (χ0) is 15.7. The quantitative estimate of drug-likeness (QED) is 0.947. The second-order valence-electron chi connectivity index (χ2n) is 5.57. The van der Waals surface area contributed by atoms with Gasteiger partial charge in [0.1, 0.15) is 5.75 Å². The Balaban J connectivity index is 2.12. The first-order valence-corrected chi connectivity index (χ1v) is 7.43. The number of methoxy groups -OCH3 is 1. The van der Waals surface area contributed by atoms with Gasteiger partial charge in [0, 0.05) is 0 Å². The Kier molecular flexibility index (Phi) is 3.86. The van der Waals surface area contributed by atoms with E-state index in [2.05, 4.69) is 0 Å². The molecule has 114 valence electrons. The number of anilines is 1. The maximum Gasteiger partial charge on any atom is 0.244 e. The largest absolute Gasteiger partial charge is 0.495 e. The van der Waals surface area contributed by atoms with Gasteiger partial charge in [0.05, 0.1) is 24.9 Å². The summed E-state index contributed by atoms with van der Waals surface area (Å²) >= 11 is 0. The van der Waals surface area contributed by atoms with Crippen LogP contribution in [-0.4, -0.2) is 19.1 Å². The van der Waals surface area contributed by atoms with Crippen molar-refractivity contribution in [3.8, 4) is 5.75 Å². The highest BCUT2D eigenvalue weighted by Gasteiger charge is 2.35. The van der Waals surface area contributed by atoms with Crippen LogP contribution >= 0.6 is 0 Å². The van der Waals surface area contributed by atoms with Crippen LogP contribution in [0.25, 0.3) is 0 Å². The topological polar surface area (TPSA) is 55.6 Å². The minimum Gasteiger partial charge on any atom is -0.495 e. The van der Waals surface area contributed by atoms with Gasteiger partial charge in [-0.25, -0.2) is 0 Å². The lowest BCUT2D eigenvalue weighted by molar-refractivity contribution is -0.120. The summed E-state index contributed by atoms with van der Waals surface area (Å²) in [6.45, 7) is 2.02. The fourth-order valence-electron chi connectivity index (χ4n) is 3.05. The third kappa shape index (κ3) is 2.35. The van der Waals surface area contributed by atoms with Crippen molar-refractivity contribution >= 4 is 11.6 Å². The number of carbonyl (C=O) groups excluding carboxylic acids is 1. The van der Waals surface area contributed by atoms with Crippen molar-refractivity contribution in [1.82, 2.24) is 0 Å². The molecule has 3 rings (SSSR count). The molecular formula is C18H20N2O2. The van der Waals surface area contributed by atoms with Crippen LogP contribution in [0, 0.1) is 0 Å². The Bertz CT molecular complexity index is 685. The number of carbonyl (C=O) groups is 1. The van der Waals surface area contributed by atoms with Crippen molar-refractivity contribution in [3.63, 3.8) is 0 Å². The second kappa shape index (κ2) is 5.81. The summed E-state index contributed by atoms with van der Waals surface area (Å²) in [5.41, 5.74) is 9.02. The first kappa shape index (κ1) is 14.6. The number of para-hydroxylation sites is 1. The number of hydrogen-bond donors (Lipinski definition) is 1. The molecule has 2 aromatic rings. The molecule has 2 N–H and O–H groups in total. The molecule has 1 heterocycles. The van der Waals surface area contributed by atoms with Crippen LogP contribution in [0.2, 0.25) is 0 Å². The number of nitrogens with zero attached hydrogens (tertiary/aromatic N) is 1. The van der Waals surface area contributed by atoms with Crippen LogP contribution in [0.15, 0.2) is 48.5 Å². The molecular weight excluding hydrogens is 276 g/mol. The van der Waals surface area contributed by atoms with Gasteiger partial charge < -0.3 is 15.4 Å². The highest BCUT2D eigenvalue weighted by atomic mass is 16.5. The van der Waals surface area contributed by atoms with Crippen molar-refractivity contribution in [2.75, 3.05) is 12.0 Å². The second-order valence-corrected chi connectivity index (χ2v) is 5.57. The van der Waals surface area contributed by atoms with E-state index in [4.69, 9.17) is 10.5 Å². The van der Waals surface area contributed by atoms with Crippen LogP contribution in [0.1, 0.15) is 24.1 Å². The molecule has 0 spiro atoms. The van der Waals surface area contributed by atoms with E-state index in [1.165, 1.54) is 0 Å². The lowest BCUT2D eigenvalue weighted by Gasteiger charge is -2.37. The number of benzene rings is 2. The van der Waals surface area contributed by atoms with Gasteiger partial charge >= 0.3 is 0 Å². The predicted molar refractivity (Wildman–Crippen MR) is 87.0 cm³/mol. The van der Waals surface area contributed by atoms with E-state index < -0.39 is 6.04 Å². The maximum absolute atomic E-state index is 12.7. The van der Waals surface area contributed by atoms with Gasteiger partial charge in [-0.05, 0) is 30.5 Å². The maximum atomic E-state index is 12.7. The monoisotopic (exact) mass is 296 g/mol. The number of amides is 1. The molecule has 22 heavy (non-hydrogen) atoms. The predicted octanol–water partition coefficient (Wildman–Crippen LogP) is 2.67. The van der Waals surface area contributed by atoms with Gasteiger partial charge in [0.25, 0.3) is 0 Å². The van der Waals surface area contributed by atoms with E-state index in [9.17, 15) is 4.79 Å². The van der Waals surface area contributed by atoms with Crippen molar-refractivity contribution in [2.45, 2.75) is 25.4 Å². The first-order valence-electron chi connectivity index (χ1n) is 7.43. The average Bonchev–Trinajstić information content (AvgIpc) is 2.56. The Morgan fingerprint density at radius 1 is 1.18 bits per heavy atom. The van der Waals surface area contributed by atoms with Gasteiger partial charge in [0.2, 0.25) is 5.91 Å². The fraction of sp³-hybridized carbons (Fsp3) is 0.278. The van der Waals surface area contributed by atoms with Gasteiger partial charge in [-0.2, -0.15) is 0 Å². The highest BCUT2D eigenvalue weighted by Crippen LogP contribution is 2.40. The molecule has 1 amide bonds. The van der Waals surface area contributed by atoms with Gasteiger partial charge in [-0.3, -0.25) is 4.79 Å². The summed E-state index contributed by atoms with van der Waals surface area (Å²) in [4.78, 5) is 14.5. The molecule has 1 aliphatic rings. The summed E-state index contributed by atoms with van der Waals surface area (Å²) in [5, 5.41) is 0. The number of fused-ring (bicyclic) bond motifs is 1. The molecule has 1 aliphatic heterocycles. The van der Waals surface area contributed by atoms with Crippen LogP contribution < -0.4 is 15.4 Å². The minimum absolute atomic E-state index is 0.0617. The Morgan fingerprint density at radius 2 is 1.91 bits per heavy atom. The smallest absolute Gasteiger partial charge is 0.244 e. The lowest BCUT2D eigenvalue weighted by atomic mass is 9.94. The minimum atomic E-state index is -0.509. The molecule has 0 bridgehead atoms. The van der Waals surface area contributed by atoms with E-state index in [0.717, 1.165) is 16.8 Å². The molecule has 2 atom stereocenters. The zero-order valence-electron chi connectivity index (χ0n) is 12.8.